The number of aromatic nitrogens is 2. The molecular formula is C20H33IN6O2S. The molecule has 2 N–H and O–H groups in total. The van der Waals surface area contributed by atoms with Gasteiger partial charge in [0.1, 0.15) is 0 Å². The molecule has 1 atom stereocenters. The number of aliphatic imine (C=N–C) groups is 1. The van der Waals surface area contributed by atoms with E-state index in [0.717, 1.165) is 44.6 Å². The summed E-state index contributed by atoms with van der Waals surface area (Å²) in [6, 6.07) is 4.58. The molecule has 0 bridgehead atoms. The second-order valence-corrected chi connectivity index (χ2v) is 8.26. The number of nitrogens with one attached hydrogen (secondary N) is 2. The van der Waals surface area contributed by atoms with Gasteiger partial charge in [-0.2, -0.15) is 4.98 Å². The maximum absolute atomic E-state index is 5.52. The number of halogens is 1. The highest BCUT2D eigenvalue weighted by Crippen LogP contribution is 2.26. The van der Waals surface area contributed by atoms with Crippen molar-refractivity contribution in [3.8, 4) is 0 Å². The van der Waals surface area contributed by atoms with E-state index in [0.29, 0.717) is 25.4 Å². The molecule has 168 valence electrons. The maximum Gasteiger partial charge on any atom is 0.228 e. The van der Waals surface area contributed by atoms with Gasteiger partial charge in [0.25, 0.3) is 0 Å². The lowest BCUT2D eigenvalue weighted by Crippen LogP contribution is -2.42. The zero-order valence-corrected chi connectivity index (χ0v) is 21.1. The first-order valence-electron chi connectivity index (χ1n) is 10.4. The zero-order valence-electron chi connectivity index (χ0n) is 18.0. The van der Waals surface area contributed by atoms with E-state index in [1.165, 1.54) is 4.88 Å². The van der Waals surface area contributed by atoms with E-state index in [-0.39, 0.29) is 35.9 Å². The van der Waals surface area contributed by atoms with Crippen molar-refractivity contribution in [3.63, 3.8) is 0 Å². The van der Waals surface area contributed by atoms with Gasteiger partial charge in [0.05, 0.1) is 25.8 Å². The predicted molar refractivity (Wildman–Crippen MR) is 131 cm³/mol. The van der Waals surface area contributed by atoms with Crippen LogP contribution in [0.5, 0.6) is 0 Å². The second kappa shape index (κ2) is 13.2. The van der Waals surface area contributed by atoms with Crippen LogP contribution in [0.3, 0.4) is 0 Å². The van der Waals surface area contributed by atoms with Crippen LogP contribution < -0.4 is 10.6 Å². The summed E-state index contributed by atoms with van der Waals surface area (Å²) in [4.78, 5) is 13.1. The Morgan fingerprint density at radius 1 is 1.30 bits per heavy atom. The Labute approximate surface area is 199 Å². The van der Waals surface area contributed by atoms with Gasteiger partial charge in [-0.1, -0.05) is 25.1 Å². The van der Waals surface area contributed by atoms with E-state index >= 15 is 0 Å². The Balaban J connectivity index is 0.00000320. The summed E-state index contributed by atoms with van der Waals surface area (Å²) in [6.07, 6.45) is 0.669. The van der Waals surface area contributed by atoms with Crippen LogP contribution in [0.4, 0.5) is 0 Å². The lowest BCUT2D eigenvalue weighted by Gasteiger charge is -2.33. The number of guanidine groups is 1. The van der Waals surface area contributed by atoms with Crippen LogP contribution >= 0.6 is 35.3 Å². The van der Waals surface area contributed by atoms with Crippen LogP contribution in [0.2, 0.25) is 0 Å². The standard InChI is InChI=1S/C20H32N6O2S.HI/c1-4-21-20(22-8-7-18-24-19(15(2)3)25-28-18)23-14-16(17-6-5-13-29-17)26-9-11-27-12-10-26;/h5-6,13,15-16H,4,7-12,14H2,1-3H3,(H2,21,22,23);1H. The third kappa shape index (κ3) is 7.47. The fourth-order valence-electron chi connectivity index (χ4n) is 3.17. The Hall–Kier alpha value is -1.24. The average molecular weight is 548 g/mol. The third-order valence-electron chi connectivity index (χ3n) is 4.76. The van der Waals surface area contributed by atoms with Gasteiger partial charge in [-0.25, -0.2) is 0 Å². The van der Waals surface area contributed by atoms with E-state index < -0.39 is 0 Å². The van der Waals surface area contributed by atoms with Gasteiger partial charge in [-0.3, -0.25) is 9.89 Å². The van der Waals surface area contributed by atoms with Gasteiger partial charge in [0.2, 0.25) is 5.89 Å². The minimum absolute atomic E-state index is 0. The second-order valence-electron chi connectivity index (χ2n) is 7.28. The zero-order chi connectivity index (χ0) is 20.5. The topological polar surface area (TPSA) is 87.8 Å². The van der Waals surface area contributed by atoms with Crippen molar-refractivity contribution in [2.75, 3.05) is 45.9 Å². The molecule has 3 heterocycles. The number of hydrogen-bond donors (Lipinski definition) is 2. The van der Waals surface area contributed by atoms with E-state index in [4.69, 9.17) is 14.3 Å². The molecule has 2 aromatic heterocycles. The highest BCUT2D eigenvalue weighted by atomic mass is 127. The molecule has 3 rings (SSSR count). The van der Waals surface area contributed by atoms with E-state index in [1.807, 2.05) is 0 Å². The molecule has 1 unspecified atom stereocenters. The van der Waals surface area contributed by atoms with Crippen LogP contribution in [-0.4, -0.2) is 66.9 Å². The molecule has 0 saturated carbocycles. The fourth-order valence-corrected chi connectivity index (χ4v) is 4.02. The SMILES string of the molecule is CCNC(=NCC(c1cccs1)N1CCOCC1)NCCc1nc(C(C)C)no1.I. The highest BCUT2D eigenvalue weighted by molar-refractivity contribution is 14.0. The van der Waals surface area contributed by atoms with Crippen molar-refractivity contribution >= 4 is 41.3 Å². The molecule has 0 aliphatic carbocycles. The number of ether oxygens (including phenoxy) is 1. The molecule has 2 aromatic rings. The molecule has 1 fully saturated rings. The van der Waals surface area contributed by atoms with E-state index in [9.17, 15) is 0 Å². The minimum Gasteiger partial charge on any atom is -0.379 e. The van der Waals surface area contributed by atoms with Gasteiger partial charge < -0.3 is 19.9 Å². The van der Waals surface area contributed by atoms with Gasteiger partial charge in [0.15, 0.2) is 11.8 Å². The van der Waals surface area contributed by atoms with Crippen LogP contribution in [0, 0.1) is 0 Å². The van der Waals surface area contributed by atoms with Gasteiger partial charge in [0, 0.05) is 43.4 Å². The molecule has 1 saturated heterocycles. The fraction of sp³-hybridized carbons (Fsp3) is 0.650. The van der Waals surface area contributed by atoms with Crippen molar-refractivity contribution in [2.24, 2.45) is 4.99 Å². The number of thiophene rings is 1. The van der Waals surface area contributed by atoms with Crippen LogP contribution in [-0.2, 0) is 11.2 Å². The molecule has 1 aliphatic heterocycles. The summed E-state index contributed by atoms with van der Waals surface area (Å²) in [5.74, 6) is 2.49. The molecule has 0 aromatic carbocycles. The van der Waals surface area contributed by atoms with Crippen molar-refractivity contribution in [2.45, 2.75) is 39.2 Å². The molecular weight excluding hydrogens is 515 g/mol. The van der Waals surface area contributed by atoms with Crippen molar-refractivity contribution < 1.29 is 9.26 Å². The van der Waals surface area contributed by atoms with E-state index in [2.05, 4.69) is 64.0 Å². The lowest BCUT2D eigenvalue weighted by molar-refractivity contribution is 0.0186. The van der Waals surface area contributed by atoms with Crippen molar-refractivity contribution in [1.82, 2.24) is 25.7 Å². The summed E-state index contributed by atoms with van der Waals surface area (Å²) in [7, 11) is 0. The molecule has 30 heavy (non-hydrogen) atoms. The van der Waals surface area contributed by atoms with Gasteiger partial charge >= 0.3 is 0 Å². The summed E-state index contributed by atoms with van der Waals surface area (Å²) in [6.45, 7) is 11.8. The first kappa shape index (κ1) is 25.0. The average Bonchev–Trinajstić information content (AvgIpc) is 3.41. The number of rotatable bonds is 9. The van der Waals surface area contributed by atoms with Crippen LogP contribution in [0.15, 0.2) is 27.0 Å². The molecule has 0 spiro atoms. The normalized spacial score (nSPS) is 16.3. The Bertz CT molecular complexity index is 746. The first-order chi connectivity index (χ1) is 14.2. The van der Waals surface area contributed by atoms with E-state index in [1.54, 1.807) is 11.3 Å². The van der Waals surface area contributed by atoms with Gasteiger partial charge in [-0.15, -0.1) is 35.3 Å². The number of hydrogen-bond acceptors (Lipinski definition) is 7. The van der Waals surface area contributed by atoms with Crippen molar-refractivity contribution in [3.05, 3.63) is 34.1 Å². The summed E-state index contributed by atoms with van der Waals surface area (Å²) in [5.41, 5.74) is 0. The minimum atomic E-state index is 0. The van der Waals surface area contributed by atoms with Gasteiger partial charge in [-0.05, 0) is 18.4 Å². The number of morpholine rings is 1. The largest absolute Gasteiger partial charge is 0.379 e. The Kier molecular flexibility index (Phi) is 11.0. The monoisotopic (exact) mass is 548 g/mol. The molecule has 0 amide bonds. The molecule has 0 radical (unpaired) electrons. The van der Waals surface area contributed by atoms with Crippen molar-refractivity contribution in [1.29, 1.82) is 0 Å². The molecule has 10 heteroatoms. The molecule has 1 aliphatic rings. The smallest absolute Gasteiger partial charge is 0.228 e. The summed E-state index contributed by atoms with van der Waals surface area (Å²) in [5, 5.41) is 12.9. The third-order valence-corrected chi connectivity index (χ3v) is 5.73. The van der Waals surface area contributed by atoms with Crippen LogP contribution in [0.25, 0.3) is 0 Å². The highest BCUT2D eigenvalue weighted by Gasteiger charge is 2.23. The summed E-state index contributed by atoms with van der Waals surface area (Å²) < 4.78 is 10.8. The Morgan fingerprint density at radius 3 is 2.73 bits per heavy atom. The Morgan fingerprint density at radius 2 is 2.10 bits per heavy atom. The molecule has 8 nitrogen and oxygen atoms in total. The summed E-state index contributed by atoms with van der Waals surface area (Å²) >= 11 is 1.79. The maximum atomic E-state index is 5.52. The lowest BCUT2D eigenvalue weighted by atomic mass is 10.2. The first-order valence-corrected chi connectivity index (χ1v) is 11.2. The quantitative estimate of drug-likeness (QED) is 0.283. The van der Waals surface area contributed by atoms with Crippen LogP contribution in [0.1, 0.15) is 49.3 Å². The number of nitrogens with zero attached hydrogens (tertiary/aromatic N) is 4. The predicted octanol–water partition coefficient (Wildman–Crippen LogP) is 3.04.